The molecule has 0 atom stereocenters. The second-order valence-electron chi connectivity index (χ2n) is 7.27. The molecule has 166 valence electrons. The molecule has 0 saturated carbocycles. The summed E-state index contributed by atoms with van der Waals surface area (Å²) in [6, 6.07) is 20.9. The number of hydrogen-bond donors (Lipinski definition) is 3. The van der Waals surface area contributed by atoms with E-state index in [1.165, 1.54) is 4.68 Å². The fraction of sp³-hybridized carbons (Fsp3) is 0.0417. The van der Waals surface area contributed by atoms with E-state index in [1.807, 2.05) is 31.2 Å². The minimum absolute atomic E-state index is 0.156. The predicted octanol–water partition coefficient (Wildman–Crippen LogP) is 5.33. The number of fused-ring (bicyclic) bond motifs is 1. The van der Waals surface area contributed by atoms with E-state index in [1.54, 1.807) is 48.5 Å². The number of anilines is 2. The SMILES string of the molecule is Cc1cccc(NC(=O)c2cc3cc(Br)ccc3n2NC(=O)C(=O)Nc2ccccc2Cl)c1. The quantitative estimate of drug-likeness (QED) is 0.315. The van der Waals surface area contributed by atoms with Gasteiger partial charge in [0, 0.05) is 15.5 Å². The van der Waals surface area contributed by atoms with Crippen molar-refractivity contribution >= 4 is 67.5 Å². The molecule has 4 rings (SSSR count). The highest BCUT2D eigenvalue weighted by Crippen LogP contribution is 2.24. The molecule has 0 saturated heterocycles. The Morgan fingerprint density at radius 2 is 1.67 bits per heavy atom. The number of amides is 3. The molecule has 0 fully saturated rings. The summed E-state index contributed by atoms with van der Waals surface area (Å²) in [7, 11) is 0. The highest BCUT2D eigenvalue weighted by atomic mass is 79.9. The second kappa shape index (κ2) is 9.48. The van der Waals surface area contributed by atoms with Crippen molar-refractivity contribution in [1.82, 2.24) is 4.68 Å². The molecule has 0 radical (unpaired) electrons. The number of aromatic nitrogens is 1. The van der Waals surface area contributed by atoms with Gasteiger partial charge in [-0.25, -0.2) is 4.68 Å². The van der Waals surface area contributed by atoms with E-state index >= 15 is 0 Å². The van der Waals surface area contributed by atoms with Crippen molar-refractivity contribution in [2.45, 2.75) is 6.92 Å². The van der Waals surface area contributed by atoms with Crippen LogP contribution in [0.3, 0.4) is 0 Å². The Labute approximate surface area is 202 Å². The summed E-state index contributed by atoms with van der Waals surface area (Å²) in [5.41, 5.74) is 5.12. The van der Waals surface area contributed by atoms with Crippen molar-refractivity contribution in [3.8, 4) is 0 Å². The summed E-state index contributed by atoms with van der Waals surface area (Å²) in [6.45, 7) is 1.92. The van der Waals surface area contributed by atoms with Gasteiger partial charge in [0.25, 0.3) is 5.91 Å². The van der Waals surface area contributed by atoms with E-state index in [2.05, 4.69) is 32.0 Å². The van der Waals surface area contributed by atoms with Crippen LogP contribution in [-0.4, -0.2) is 22.4 Å². The van der Waals surface area contributed by atoms with Gasteiger partial charge in [0.15, 0.2) is 0 Å². The summed E-state index contributed by atoms with van der Waals surface area (Å²) < 4.78 is 2.10. The maximum atomic E-state index is 13.1. The molecule has 33 heavy (non-hydrogen) atoms. The maximum Gasteiger partial charge on any atom is 0.328 e. The van der Waals surface area contributed by atoms with Gasteiger partial charge in [-0.05, 0) is 61.0 Å². The molecule has 0 spiro atoms. The average molecular weight is 526 g/mol. The predicted molar refractivity (Wildman–Crippen MR) is 133 cm³/mol. The molecule has 3 amide bonds. The number of nitrogens with one attached hydrogen (secondary N) is 3. The third-order valence-electron chi connectivity index (χ3n) is 4.81. The second-order valence-corrected chi connectivity index (χ2v) is 8.59. The van der Waals surface area contributed by atoms with Gasteiger partial charge in [-0.3, -0.25) is 19.8 Å². The van der Waals surface area contributed by atoms with Crippen molar-refractivity contribution in [3.63, 3.8) is 0 Å². The molecule has 7 nitrogen and oxygen atoms in total. The molecule has 0 unspecified atom stereocenters. The zero-order valence-corrected chi connectivity index (χ0v) is 19.7. The molecule has 3 N–H and O–H groups in total. The van der Waals surface area contributed by atoms with Crippen LogP contribution in [0.2, 0.25) is 5.02 Å². The summed E-state index contributed by atoms with van der Waals surface area (Å²) in [4.78, 5) is 38.2. The number of carbonyl (C=O) groups excluding carboxylic acids is 3. The summed E-state index contributed by atoms with van der Waals surface area (Å²) in [6.07, 6.45) is 0. The van der Waals surface area contributed by atoms with Gasteiger partial charge in [-0.15, -0.1) is 0 Å². The summed E-state index contributed by atoms with van der Waals surface area (Å²) in [5.74, 6) is -2.33. The molecular weight excluding hydrogens is 508 g/mol. The van der Waals surface area contributed by atoms with Crippen molar-refractivity contribution in [2.75, 3.05) is 16.1 Å². The lowest BCUT2D eigenvalue weighted by molar-refractivity contribution is -0.133. The molecule has 4 aromatic rings. The lowest BCUT2D eigenvalue weighted by atomic mass is 10.2. The van der Waals surface area contributed by atoms with Gasteiger partial charge in [0.05, 0.1) is 16.2 Å². The first-order valence-electron chi connectivity index (χ1n) is 9.88. The Hall–Kier alpha value is -3.62. The van der Waals surface area contributed by atoms with Crippen LogP contribution in [0.1, 0.15) is 16.1 Å². The molecule has 0 aliphatic rings. The first kappa shape index (κ1) is 22.6. The third-order valence-corrected chi connectivity index (χ3v) is 5.64. The number of rotatable bonds is 4. The van der Waals surface area contributed by atoms with Crippen LogP contribution >= 0.6 is 27.5 Å². The largest absolute Gasteiger partial charge is 0.328 e. The summed E-state index contributed by atoms with van der Waals surface area (Å²) >= 11 is 9.46. The van der Waals surface area contributed by atoms with Gasteiger partial charge >= 0.3 is 11.8 Å². The molecule has 1 heterocycles. The van der Waals surface area contributed by atoms with Crippen LogP contribution in [0.25, 0.3) is 10.9 Å². The molecule has 0 aliphatic carbocycles. The Morgan fingerprint density at radius 3 is 2.42 bits per heavy atom. The number of nitrogens with zero attached hydrogens (tertiary/aromatic N) is 1. The smallest absolute Gasteiger partial charge is 0.321 e. The Bertz CT molecular complexity index is 1400. The van der Waals surface area contributed by atoms with Crippen molar-refractivity contribution < 1.29 is 14.4 Å². The standard InChI is InChI=1S/C24H18BrClN4O3/c1-14-5-4-6-17(11-14)27-22(31)21-13-15-12-16(25)9-10-20(15)30(21)29-24(33)23(32)28-19-8-3-2-7-18(19)26/h2-13H,1H3,(H,27,31)(H,28,32)(H,29,33). The van der Waals surface area contributed by atoms with E-state index in [9.17, 15) is 14.4 Å². The van der Waals surface area contributed by atoms with Crippen LogP contribution in [-0.2, 0) is 9.59 Å². The minimum atomic E-state index is -0.958. The Balaban J connectivity index is 1.64. The lowest BCUT2D eigenvalue weighted by Crippen LogP contribution is -2.36. The van der Waals surface area contributed by atoms with E-state index in [0.717, 1.165) is 10.0 Å². The molecular formula is C24H18BrClN4O3. The van der Waals surface area contributed by atoms with E-state index < -0.39 is 17.7 Å². The van der Waals surface area contributed by atoms with Crippen LogP contribution in [0, 0.1) is 6.92 Å². The van der Waals surface area contributed by atoms with Gasteiger partial charge in [-0.2, -0.15) is 0 Å². The van der Waals surface area contributed by atoms with E-state index in [-0.39, 0.29) is 5.69 Å². The van der Waals surface area contributed by atoms with Crippen molar-refractivity contribution in [1.29, 1.82) is 0 Å². The van der Waals surface area contributed by atoms with Crippen molar-refractivity contribution in [3.05, 3.63) is 93.5 Å². The van der Waals surface area contributed by atoms with Crippen LogP contribution in [0.5, 0.6) is 0 Å². The number of benzene rings is 3. The van der Waals surface area contributed by atoms with Crippen LogP contribution in [0.4, 0.5) is 11.4 Å². The summed E-state index contributed by atoms with van der Waals surface area (Å²) in [5, 5.41) is 6.29. The van der Waals surface area contributed by atoms with Gasteiger partial charge < -0.3 is 10.6 Å². The number of para-hydroxylation sites is 1. The zero-order chi connectivity index (χ0) is 23.5. The number of carbonyl (C=O) groups is 3. The highest BCUT2D eigenvalue weighted by molar-refractivity contribution is 9.10. The Kier molecular flexibility index (Phi) is 6.48. The number of hydrogen-bond acceptors (Lipinski definition) is 3. The van der Waals surface area contributed by atoms with E-state index in [4.69, 9.17) is 11.6 Å². The monoisotopic (exact) mass is 524 g/mol. The first-order chi connectivity index (χ1) is 15.8. The average Bonchev–Trinajstić information content (AvgIpc) is 3.12. The normalized spacial score (nSPS) is 10.6. The van der Waals surface area contributed by atoms with Crippen molar-refractivity contribution in [2.24, 2.45) is 0 Å². The topological polar surface area (TPSA) is 92.2 Å². The molecule has 0 aliphatic heterocycles. The lowest BCUT2D eigenvalue weighted by Gasteiger charge is -2.13. The molecule has 1 aromatic heterocycles. The number of halogens is 2. The fourth-order valence-electron chi connectivity index (χ4n) is 3.29. The Morgan fingerprint density at radius 1 is 0.879 bits per heavy atom. The minimum Gasteiger partial charge on any atom is -0.321 e. The molecule has 0 bridgehead atoms. The highest BCUT2D eigenvalue weighted by Gasteiger charge is 2.21. The first-order valence-corrected chi connectivity index (χ1v) is 11.0. The fourth-order valence-corrected chi connectivity index (χ4v) is 3.85. The van der Waals surface area contributed by atoms with Crippen LogP contribution in [0.15, 0.2) is 77.3 Å². The zero-order valence-electron chi connectivity index (χ0n) is 17.4. The number of aryl methyl sites for hydroxylation is 1. The maximum absolute atomic E-state index is 13.1. The molecule has 9 heteroatoms. The van der Waals surface area contributed by atoms with Gasteiger partial charge in [-0.1, -0.05) is 51.8 Å². The van der Waals surface area contributed by atoms with Gasteiger partial charge in [0.2, 0.25) is 0 Å². The van der Waals surface area contributed by atoms with E-state index in [0.29, 0.717) is 27.3 Å². The third kappa shape index (κ3) is 5.08. The van der Waals surface area contributed by atoms with Gasteiger partial charge in [0.1, 0.15) is 5.69 Å². The van der Waals surface area contributed by atoms with Crippen LogP contribution < -0.4 is 16.1 Å². The molecule has 3 aromatic carbocycles.